The van der Waals surface area contributed by atoms with Gasteiger partial charge in [-0.3, -0.25) is 9.79 Å². The Kier molecular flexibility index (Phi) is 8.75. The number of nitrogens with one attached hydrogen (secondary N) is 1. The second-order valence-corrected chi connectivity index (χ2v) is 7.58. The molecule has 3 rings (SSSR count). The lowest BCUT2D eigenvalue weighted by Crippen LogP contribution is -2.32. The minimum atomic E-state index is -0.518. The highest BCUT2D eigenvalue weighted by Crippen LogP contribution is 2.35. The maximum Gasteiger partial charge on any atom is 0.163 e. The first-order chi connectivity index (χ1) is 13.0. The van der Waals surface area contributed by atoms with Crippen LogP contribution >= 0.6 is 43.2 Å². The molecule has 0 spiro atoms. The molecule has 1 atom stereocenters. The molecule has 1 N–H and O–H groups in total. The smallest absolute Gasteiger partial charge is 0.163 e. The van der Waals surface area contributed by atoms with Gasteiger partial charge in [-0.25, -0.2) is 9.37 Å². The van der Waals surface area contributed by atoms with Crippen LogP contribution in [0, 0.1) is 5.82 Å². The van der Waals surface area contributed by atoms with Gasteiger partial charge in [-0.05, 0) is 24.6 Å². The van der Waals surface area contributed by atoms with E-state index in [1.807, 2.05) is 12.3 Å². The average Bonchev–Trinajstić information content (AvgIpc) is 3.22. The third kappa shape index (κ3) is 5.54. The summed E-state index contributed by atoms with van der Waals surface area (Å²) in [6.45, 7) is 2.78. The van der Waals surface area contributed by atoms with E-state index in [2.05, 4.69) is 51.9 Å². The van der Waals surface area contributed by atoms with E-state index in [9.17, 15) is 9.18 Å². The minimum absolute atomic E-state index is 0.351. The van der Waals surface area contributed by atoms with Gasteiger partial charge in [0, 0.05) is 46.4 Å². The number of thiazole rings is 1. The first-order valence-corrected chi connectivity index (χ1v) is 10.8. The van der Waals surface area contributed by atoms with Crippen molar-refractivity contribution in [1.29, 1.82) is 0 Å². The Balaban J connectivity index is 0.000000596. The summed E-state index contributed by atoms with van der Waals surface area (Å²) in [4.78, 5) is 20.5. The van der Waals surface area contributed by atoms with Crippen molar-refractivity contribution in [2.45, 2.75) is 13.0 Å². The third-order valence-corrected chi connectivity index (χ3v) is 5.64. The average molecular weight is 519 g/mol. The summed E-state index contributed by atoms with van der Waals surface area (Å²) in [5.41, 5.74) is 1.96. The molecule has 1 aromatic heterocycles. The zero-order valence-electron chi connectivity index (χ0n) is 14.7. The van der Waals surface area contributed by atoms with Crippen molar-refractivity contribution in [1.82, 2.24) is 10.3 Å². The van der Waals surface area contributed by atoms with E-state index < -0.39 is 6.04 Å². The molecule has 0 fully saturated rings. The van der Waals surface area contributed by atoms with E-state index in [4.69, 9.17) is 0 Å². The summed E-state index contributed by atoms with van der Waals surface area (Å²) in [6, 6.07) is 3.84. The molecule has 144 valence electrons. The van der Waals surface area contributed by atoms with Crippen molar-refractivity contribution in [2.24, 2.45) is 4.99 Å². The molecule has 1 aliphatic heterocycles. The van der Waals surface area contributed by atoms with E-state index in [0.717, 1.165) is 29.2 Å². The first kappa shape index (κ1) is 21.9. The Bertz CT molecular complexity index is 839. The molecule has 1 aliphatic rings. The molecule has 0 bridgehead atoms. The van der Waals surface area contributed by atoms with Crippen LogP contribution in [0.15, 0.2) is 50.5 Å². The van der Waals surface area contributed by atoms with E-state index in [-0.39, 0.29) is 5.82 Å². The summed E-state index contributed by atoms with van der Waals surface area (Å²) in [6.07, 6.45) is 2.48. The highest BCUT2D eigenvalue weighted by molar-refractivity contribution is 9.10. The number of methoxy groups -OCH3 is 1. The largest absolute Gasteiger partial charge is 0.385 e. The molecular weight excluding hydrogens is 501 g/mol. The van der Waals surface area contributed by atoms with Crippen LogP contribution in [0.3, 0.4) is 0 Å². The Hall–Kier alpha value is -1.42. The topological polar surface area (TPSA) is 63.6 Å². The quantitative estimate of drug-likeness (QED) is 0.462. The Morgan fingerprint density at radius 2 is 2.19 bits per heavy atom. The van der Waals surface area contributed by atoms with Crippen LogP contribution in [0.5, 0.6) is 0 Å². The number of hydrogen-bond acceptors (Lipinski definition) is 6. The lowest BCUT2D eigenvalue weighted by molar-refractivity contribution is -0.105. The molecule has 5 nitrogen and oxygen atoms in total. The maximum atomic E-state index is 13.4. The van der Waals surface area contributed by atoms with Gasteiger partial charge in [0.2, 0.25) is 0 Å². The predicted octanol–water partition coefficient (Wildman–Crippen LogP) is 4.64. The maximum absolute atomic E-state index is 13.4. The number of amidine groups is 1. The van der Waals surface area contributed by atoms with Gasteiger partial charge < -0.3 is 10.1 Å². The molecule has 1 unspecified atom stereocenters. The zero-order valence-corrected chi connectivity index (χ0v) is 18.7. The second kappa shape index (κ2) is 10.8. The molecule has 0 radical (unpaired) electrons. The van der Waals surface area contributed by atoms with Crippen molar-refractivity contribution in [3.8, 4) is 0 Å². The number of aliphatic imine (C=N–C) groups is 1. The molecule has 0 amide bonds. The molecule has 9 heteroatoms. The highest BCUT2D eigenvalue weighted by atomic mass is 79.9. The van der Waals surface area contributed by atoms with Crippen molar-refractivity contribution in [2.75, 3.05) is 19.0 Å². The number of aromatic nitrogens is 1. The van der Waals surface area contributed by atoms with Gasteiger partial charge in [0.05, 0.1) is 0 Å². The SMILES string of the molecule is CCOC.O=CC1=C(CBr)NC(c2nccs2)=NC1c1ccc(F)cc1Br. The van der Waals surface area contributed by atoms with Crippen molar-refractivity contribution in [3.05, 3.63) is 61.9 Å². The third-order valence-electron chi connectivity index (χ3n) is 3.61. The molecule has 1 aromatic carbocycles. The number of aldehydes is 1. The fourth-order valence-corrected chi connectivity index (χ4v) is 3.89. The zero-order chi connectivity index (χ0) is 19.8. The predicted molar refractivity (Wildman–Crippen MR) is 113 cm³/mol. The highest BCUT2D eigenvalue weighted by Gasteiger charge is 2.28. The van der Waals surface area contributed by atoms with Crippen molar-refractivity contribution < 1.29 is 13.9 Å². The van der Waals surface area contributed by atoms with Gasteiger partial charge in [0.1, 0.15) is 18.1 Å². The van der Waals surface area contributed by atoms with E-state index >= 15 is 0 Å². The molecule has 0 aliphatic carbocycles. The van der Waals surface area contributed by atoms with E-state index in [1.165, 1.54) is 23.5 Å². The molecule has 2 aromatic rings. The standard InChI is InChI=1S/C15H10Br2FN3OS.C3H8O/c16-6-12-10(7-22)13(9-2-1-8(18)5-11(9)17)21-14(20-12)15-19-3-4-23-15;1-3-4-2/h1-5,7,13H,6H2,(H,20,21);3H2,1-2H3. The Morgan fingerprint density at radius 3 is 2.70 bits per heavy atom. The molecule has 0 saturated carbocycles. The number of carbonyl (C=O) groups excluding carboxylic acids is 1. The lowest BCUT2D eigenvalue weighted by Gasteiger charge is -2.25. The minimum Gasteiger partial charge on any atom is -0.385 e. The number of benzene rings is 1. The van der Waals surface area contributed by atoms with Gasteiger partial charge in [0.25, 0.3) is 0 Å². The van der Waals surface area contributed by atoms with Gasteiger partial charge >= 0.3 is 0 Å². The number of nitrogens with zero attached hydrogens (tertiary/aromatic N) is 2. The van der Waals surface area contributed by atoms with Crippen molar-refractivity contribution in [3.63, 3.8) is 0 Å². The summed E-state index contributed by atoms with van der Waals surface area (Å²) in [5.74, 6) is 0.248. The normalized spacial score (nSPS) is 16.2. The fraction of sp³-hybridized carbons (Fsp3) is 0.278. The number of carbonyl (C=O) groups is 1. The van der Waals surface area contributed by atoms with Crippen molar-refractivity contribution >= 4 is 55.3 Å². The summed E-state index contributed by atoms with van der Waals surface area (Å²) in [5, 5.41) is 6.21. The summed E-state index contributed by atoms with van der Waals surface area (Å²) < 4.78 is 18.5. The molecule has 0 saturated heterocycles. The van der Waals surface area contributed by atoms with Crippen LogP contribution in [0.25, 0.3) is 0 Å². The van der Waals surface area contributed by atoms with Crippen LogP contribution in [-0.2, 0) is 9.53 Å². The number of allylic oxidation sites excluding steroid dienone is 1. The fourth-order valence-electron chi connectivity index (χ4n) is 2.27. The molecule has 27 heavy (non-hydrogen) atoms. The number of ether oxygens (including phenoxy) is 1. The number of halogens is 3. The molecule has 2 heterocycles. The van der Waals surface area contributed by atoms with Crippen LogP contribution in [0.1, 0.15) is 23.5 Å². The van der Waals surface area contributed by atoms with Gasteiger partial charge in [-0.15, -0.1) is 11.3 Å². The monoisotopic (exact) mass is 517 g/mol. The van der Waals surface area contributed by atoms with Gasteiger partial charge in [-0.1, -0.05) is 37.9 Å². The number of alkyl halides is 1. The van der Waals surface area contributed by atoms with Gasteiger partial charge in [-0.2, -0.15) is 0 Å². The summed E-state index contributed by atoms with van der Waals surface area (Å²) in [7, 11) is 1.68. The Morgan fingerprint density at radius 1 is 1.44 bits per heavy atom. The van der Waals surface area contributed by atoms with E-state index in [1.54, 1.807) is 19.4 Å². The van der Waals surface area contributed by atoms with Crippen LogP contribution in [0.2, 0.25) is 0 Å². The van der Waals surface area contributed by atoms with Crippen LogP contribution in [0.4, 0.5) is 4.39 Å². The Labute approximate surface area is 178 Å². The summed E-state index contributed by atoms with van der Waals surface area (Å²) >= 11 is 8.20. The van der Waals surface area contributed by atoms with Gasteiger partial charge in [0.15, 0.2) is 10.8 Å². The lowest BCUT2D eigenvalue weighted by atomic mass is 9.97. The number of hydrogen-bond donors (Lipinski definition) is 1. The van der Waals surface area contributed by atoms with Crippen LogP contribution in [-0.4, -0.2) is 36.2 Å². The second-order valence-electron chi connectivity index (χ2n) is 5.27. The first-order valence-electron chi connectivity index (χ1n) is 7.98. The molecular formula is C18H18Br2FN3O2S. The van der Waals surface area contributed by atoms with Crippen LogP contribution < -0.4 is 5.32 Å². The van der Waals surface area contributed by atoms with E-state index in [0.29, 0.717) is 21.2 Å². The number of rotatable bonds is 5.